The van der Waals surface area contributed by atoms with Crippen molar-refractivity contribution in [2.24, 2.45) is 0 Å². The van der Waals surface area contributed by atoms with Gasteiger partial charge in [-0.05, 0) is 64.8 Å². The van der Waals surface area contributed by atoms with Gasteiger partial charge >= 0.3 is 5.97 Å². The number of esters is 1. The Morgan fingerprint density at radius 3 is 2.66 bits per heavy atom. The van der Waals surface area contributed by atoms with Crippen molar-refractivity contribution in [3.05, 3.63) is 62.4 Å². The molecule has 150 valence electrons. The lowest BCUT2D eigenvalue weighted by Gasteiger charge is -2.15. The van der Waals surface area contributed by atoms with Crippen LogP contribution in [0, 0.1) is 0 Å². The zero-order chi connectivity index (χ0) is 21.0. The molecule has 1 aliphatic heterocycles. The Morgan fingerprint density at radius 1 is 1.28 bits per heavy atom. The molecule has 5 nitrogen and oxygen atoms in total. The number of halogens is 2. The summed E-state index contributed by atoms with van der Waals surface area (Å²) in [4.78, 5) is 26.2. The van der Waals surface area contributed by atoms with Crippen LogP contribution in [0.15, 0.2) is 51.8 Å². The summed E-state index contributed by atoms with van der Waals surface area (Å²) in [5.74, 6) is -0.0958. The van der Waals surface area contributed by atoms with E-state index in [1.54, 1.807) is 55.5 Å². The lowest BCUT2D eigenvalue weighted by molar-refractivity contribution is -0.145. The highest BCUT2D eigenvalue weighted by Gasteiger charge is 2.33. The number of amides is 1. The Hall–Kier alpha value is -1.87. The van der Waals surface area contributed by atoms with Crippen LogP contribution in [0.4, 0.5) is 5.69 Å². The molecule has 3 rings (SSSR count). The van der Waals surface area contributed by atoms with Crippen LogP contribution in [0.5, 0.6) is 5.75 Å². The molecule has 1 amide bonds. The number of thiocarbonyl (C=S) groups is 1. The van der Waals surface area contributed by atoms with Crippen molar-refractivity contribution in [3.63, 3.8) is 0 Å². The molecule has 0 bridgehead atoms. The smallest absolute Gasteiger partial charge is 0.344 e. The summed E-state index contributed by atoms with van der Waals surface area (Å²) in [6, 6.07) is 12.3. The number of hydrogen-bond acceptors (Lipinski definition) is 6. The standard InChI is InChI=1S/C20H15BrClNO4S2/c1-2-26-18(24)11-27-14-6-3-12(4-7-14)9-17-19(25)23(20(28)29-17)13-5-8-15(21)16(22)10-13/h3-10H,2,11H2,1H3/b17-9-. The summed E-state index contributed by atoms with van der Waals surface area (Å²) in [5, 5.41) is 0.499. The molecule has 2 aromatic rings. The average molecular weight is 513 g/mol. The minimum Gasteiger partial charge on any atom is -0.482 e. The summed E-state index contributed by atoms with van der Waals surface area (Å²) in [6.07, 6.45) is 1.76. The molecule has 0 unspecified atom stereocenters. The predicted molar refractivity (Wildman–Crippen MR) is 123 cm³/mol. The van der Waals surface area contributed by atoms with E-state index in [0.29, 0.717) is 32.3 Å². The summed E-state index contributed by atoms with van der Waals surface area (Å²) in [5.41, 5.74) is 1.43. The second-order valence-electron chi connectivity index (χ2n) is 5.78. The first-order valence-electron chi connectivity index (χ1n) is 8.50. The van der Waals surface area contributed by atoms with Gasteiger partial charge in [-0.25, -0.2) is 4.79 Å². The van der Waals surface area contributed by atoms with E-state index in [4.69, 9.17) is 33.3 Å². The Morgan fingerprint density at radius 2 is 2.00 bits per heavy atom. The second kappa shape index (κ2) is 9.75. The molecule has 2 aromatic carbocycles. The van der Waals surface area contributed by atoms with Crippen LogP contribution in [0.3, 0.4) is 0 Å². The molecule has 1 fully saturated rings. The van der Waals surface area contributed by atoms with Crippen molar-refractivity contribution in [1.82, 2.24) is 0 Å². The topological polar surface area (TPSA) is 55.8 Å². The van der Waals surface area contributed by atoms with Crippen LogP contribution in [0.1, 0.15) is 12.5 Å². The number of hydrogen-bond donors (Lipinski definition) is 0. The largest absolute Gasteiger partial charge is 0.482 e. The van der Waals surface area contributed by atoms with Crippen LogP contribution in [-0.2, 0) is 14.3 Å². The average Bonchev–Trinajstić information content (AvgIpc) is 2.97. The lowest BCUT2D eigenvalue weighted by atomic mass is 10.2. The van der Waals surface area contributed by atoms with Crippen LogP contribution in [-0.4, -0.2) is 29.4 Å². The summed E-state index contributed by atoms with van der Waals surface area (Å²) < 4.78 is 11.4. The van der Waals surface area contributed by atoms with Gasteiger partial charge < -0.3 is 9.47 Å². The van der Waals surface area contributed by atoms with Crippen molar-refractivity contribution >= 4 is 79.5 Å². The highest BCUT2D eigenvalue weighted by molar-refractivity contribution is 9.10. The van der Waals surface area contributed by atoms with Crippen molar-refractivity contribution in [2.45, 2.75) is 6.92 Å². The van der Waals surface area contributed by atoms with Gasteiger partial charge in [0.25, 0.3) is 5.91 Å². The summed E-state index contributed by atoms with van der Waals surface area (Å²) in [7, 11) is 0. The maximum absolute atomic E-state index is 12.8. The molecule has 0 atom stereocenters. The van der Waals surface area contributed by atoms with E-state index in [-0.39, 0.29) is 12.5 Å². The molecule has 1 aliphatic rings. The summed E-state index contributed by atoms with van der Waals surface area (Å²) >= 11 is 16.1. The molecule has 0 aliphatic carbocycles. The van der Waals surface area contributed by atoms with Crippen molar-refractivity contribution in [2.75, 3.05) is 18.1 Å². The third kappa shape index (κ3) is 5.39. The van der Waals surface area contributed by atoms with Gasteiger partial charge in [-0.2, -0.15) is 0 Å². The third-order valence-corrected chi connectivity index (χ3v) is 6.33. The van der Waals surface area contributed by atoms with Gasteiger partial charge in [-0.1, -0.05) is 47.7 Å². The number of anilines is 1. The van der Waals surface area contributed by atoms with Gasteiger partial charge in [0, 0.05) is 4.47 Å². The SMILES string of the molecule is CCOC(=O)COc1ccc(/C=C2\SC(=S)N(c3ccc(Br)c(Cl)c3)C2=O)cc1. The number of rotatable bonds is 6. The molecular formula is C20H15BrClNO4S2. The molecule has 29 heavy (non-hydrogen) atoms. The first kappa shape index (κ1) is 21.8. The van der Waals surface area contributed by atoms with Gasteiger partial charge in [0.15, 0.2) is 10.9 Å². The van der Waals surface area contributed by atoms with Gasteiger partial charge in [0.1, 0.15) is 5.75 Å². The summed E-state index contributed by atoms with van der Waals surface area (Å²) in [6.45, 7) is 1.90. The monoisotopic (exact) mass is 511 g/mol. The molecule has 9 heteroatoms. The molecular weight excluding hydrogens is 498 g/mol. The Balaban J connectivity index is 1.72. The van der Waals surface area contributed by atoms with Crippen LogP contribution in [0.25, 0.3) is 6.08 Å². The maximum atomic E-state index is 12.8. The van der Waals surface area contributed by atoms with Crippen molar-refractivity contribution < 1.29 is 19.1 Å². The molecule has 0 aromatic heterocycles. The molecule has 0 spiro atoms. The van der Waals surface area contributed by atoms with E-state index in [2.05, 4.69) is 15.9 Å². The first-order chi connectivity index (χ1) is 13.9. The van der Waals surface area contributed by atoms with Crippen LogP contribution >= 0.6 is 51.5 Å². The van der Waals surface area contributed by atoms with Crippen LogP contribution in [0.2, 0.25) is 5.02 Å². The number of carbonyl (C=O) groups excluding carboxylic acids is 2. The maximum Gasteiger partial charge on any atom is 0.344 e. The molecule has 0 radical (unpaired) electrons. The molecule has 1 heterocycles. The van der Waals surface area contributed by atoms with E-state index in [1.165, 1.54) is 16.7 Å². The molecule has 1 saturated heterocycles. The van der Waals surface area contributed by atoms with Gasteiger partial charge in [-0.15, -0.1) is 0 Å². The molecule has 0 saturated carbocycles. The zero-order valence-electron chi connectivity index (χ0n) is 15.2. The Kier molecular flexibility index (Phi) is 7.34. The minimum absolute atomic E-state index is 0.151. The number of carbonyl (C=O) groups is 2. The third-order valence-electron chi connectivity index (χ3n) is 3.79. The van der Waals surface area contributed by atoms with E-state index in [0.717, 1.165) is 10.0 Å². The number of thioether (sulfide) groups is 1. The Labute approximate surface area is 191 Å². The lowest BCUT2D eigenvalue weighted by Crippen LogP contribution is -2.27. The second-order valence-corrected chi connectivity index (χ2v) is 8.72. The Bertz CT molecular complexity index is 994. The van der Waals surface area contributed by atoms with Crippen molar-refractivity contribution in [3.8, 4) is 5.75 Å². The van der Waals surface area contributed by atoms with E-state index < -0.39 is 5.97 Å². The van der Waals surface area contributed by atoms with Gasteiger partial charge in [0.05, 0.1) is 22.2 Å². The van der Waals surface area contributed by atoms with E-state index in [1.807, 2.05) is 0 Å². The quantitative estimate of drug-likeness (QED) is 0.291. The number of nitrogens with zero attached hydrogens (tertiary/aromatic N) is 1. The highest BCUT2D eigenvalue weighted by Crippen LogP contribution is 2.38. The van der Waals surface area contributed by atoms with Gasteiger partial charge in [0.2, 0.25) is 0 Å². The highest BCUT2D eigenvalue weighted by atomic mass is 79.9. The fraction of sp³-hybridized carbons (Fsp3) is 0.150. The number of ether oxygens (including phenoxy) is 2. The zero-order valence-corrected chi connectivity index (χ0v) is 19.2. The minimum atomic E-state index is -0.423. The normalized spacial score (nSPS) is 15.1. The van der Waals surface area contributed by atoms with Gasteiger partial charge in [-0.3, -0.25) is 9.69 Å². The molecule has 0 N–H and O–H groups in total. The fourth-order valence-corrected chi connectivity index (χ4v) is 4.19. The predicted octanol–water partition coefficient (Wildman–Crippen LogP) is 5.45. The first-order valence-corrected chi connectivity index (χ1v) is 10.9. The van der Waals surface area contributed by atoms with Crippen LogP contribution < -0.4 is 9.64 Å². The fourth-order valence-electron chi connectivity index (χ4n) is 2.47. The van der Waals surface area contributed by atoms with Crippen molar-refractivity contribution in [1.29, 1.82) is 0 Å². The van der Waals surface area contributed by atoms with E-state index in [9.17, 15) is 9.59 Å². The van der Waals surface area contributed by atoms with E-state index >= 15 is 0 Å². The number of benzene rings is 2.